The van der Waals surface area contributed by atoms with Crippen molar-refractivity contribution in [3.63, 3.8) is 0 Å². The van der Waals surface area contributed by atoms with E-state index in [9.17, 15) is 0 Å². The second-order valence-electron chi connectivity index (χ2n) is 4.85. The van der Waals surface area contributed by atoms with Gasteiger partial charge in [-0.05, 0) is 37.2 Å². The van der Waals surface area contributed by atoms with Crippen LogP contribution in [-0.2, 0) is 13.1 Å². The summed E-state index contributed by atoms with van der Waals surface area (Å²) in [6.07, 6.45) is 2.81. The third-order valence-electron chi connectivity index (χ3n) is 3.21. The lowest BCUT2D eigenvalue weighted by Gasteiger charge is -2.22. The van der Waals surface area contributed by atoms with Crippen molar-refractivity contribution < 1.29 is 4.42 Å². The molecule has 0 radical (unpaired) electrons. The van der Waals surface area contributed by atoms with Gasteiger partial charge in [-0.25, -0.2) is 0 Å². The highest BCUT2D eigenvalue weighted by atomic mass is 35.5. The summed E-state index contributed by atoms with van der Waals surface area (Å²) in [5, 5.41) is 4.21. The molecule has 108 valence electrons. The minimum atomic E-state index is 0.730. The topological polar surface area (TPSA) is 28.4 Å². The van der Waals surface area contributed by atoms with Crippen LogP contribution in [0.1, 0.15) is 24.7 Å². The molecule has 0 bridgehead atoms. The summed E-state index contributed by atoms with van der Waals surface area (Å²) in [6.45, 7) is 4.66. The van der Waals surface area contributed by atoms with Gasteiger partial charge in [0.25, 0.3) is 0 Å². The van der Waals surface area contributed by atoms with Crippen molar-refractivity contribution in [3.8, 4) is 0 Å². The lowest BCUT2D eigenvalue weighted by Crippen LogP contribution is -2.21. The Balaban J connectivity index is 2.14. The average molecular weight is 293 g/mol. The molecule has 0 aliphatic heterocycles. The molecule has 1 heterocycles. The van der Waals surface area contributed by atoms with Gasteiger partial charge in [-0.2, -0.15) is 0 Å². The maximum atomic E-state index is 6.34. The molecule has 0 atom stereocenters. The largest absolute Gasteiger partial charge is 0.467 e. The van der Waals surface area contributed by atoms with Crippen LogP contribution in [0.15, 0.2) is 41.0 Å². The number of halogens is 1. The Kier molecular flexibility index (Phi) is 5.50. The molecule has 0 unspecified atom stereocenters. The van der Waals surface area contributed by atoms with E-state index in [1.807, 2.05) is 24.3 Å². The fourth-order valence-corrected chi connectivity index (χ4v) is 2.43. The summed E-state index contributed by atoms with van der Waals surface area (Å²) < 4.78 is 5.40. The van der Waals surface area contributed by atoms with Crippen LogP contribution in [0.5, 0.6) is 0 Å². The Bertz CT molecular complexity index is 525. The van der Waals surface area contributed by atoms with Gasteiger partial charge in [0.2, 0.25) is 0 Å². The molecule has 0 fully saturated rings. The third-order valence-corrected chi connectivity index (χ3v) is 3.56. The second kappa shape index (κ2) is 7.36. The van der Waals surface area contributed by atoms with Gasteiger partial charge >= 0.3 is 0 Å². The van der Waals surface area contributed by atoms with Crippen LogP contribution in [0.3, 0.4) is 0 Å². The highest BCUT2D eigenvalue weighted by Crippen LogP contribution is 2.27. The molecule has 2 aromatic rings. The lowest BCUT2D eigenvalue weighted by molar-refractivity contribution is 0.507. The molecule has 0 spiro atoms. The smallest absolute Gasteiger partial charge is 0.123 e. The molecule has 0 aliphatic carbocycles. The first-order valence-electron chi connectivity index (χ1n) is 6.94. The maximum absolute atomic E-state index is 6.34. The van der Waals surface area contributed by atoms with Gasteiger partial charge in [-0.1, -0.05) is 24.6 Å². The van der Waals surface area contributed by atoms with Gasteiger partial charge in [0.15, 0.2) is 0 Å². The number of hydrogen-bond donors (Lipinski definition) is 1. The Morgan fingerprint density at radius 1 is 1.25 bits per heavy atom. The molecule has 1 aromatic heterocycles. The fraction of sp³-hybridized carbons (Fsp3) is 0.375. The van der Waals surface area contributed by atoms with Crippen LogP contribution in [-0.4, -0.2) is 13.6 Å². The molecule has 1 aromatic carbocycles. The fourth-order valence-electron chi connectivity index (χ4n) is 2.19. The van der Waals surface area contributed by atoms with E-state index in [0.29, 0.717) is 0 Å². The summed E-state index contributed by atoms with van der Waals surface area (Å²) in [6, 6.07) is 9.91. The Morgan fingerprint density at radius 3 is 2.80 bits per heavy atom. The van der Waals surface area contributed by atoms with E-state index in [1.54, 1.807) is 6.26 Å². The van der Waals surface area contributed by atoms with Crippen LogP contribution < -0.4 is 10.2 Å². The Hall–Kier alpha value is -1.45. The minimum absolute atomic E-state index is 0.730. The van der Waals surface area contributed by atoms with E-state index >= 15 is 0 Å². The third kappa shape index (κ3) is 3.78. The zero-order valence-corrected chi connectivity index (χ0v) is 12.8. The van der Waals surface area contributed by atoms with Gasteiger partial charge in [-0.15, -0.1) is 0 Å². The molecule has 0 aliphatic rings. The van der Waals surface area contributed by atoms with E-state index in [0.717, 1.165) is 48.1 Å². The van der Waals surface area contributed by atoms with Crippen molar-refractivity contribution in [2.75, 3.05) is 18.5 Å². The van der Waals surface area contributed by atoms with Crippen LogP contribution >= 0.6 is 11.6 Å². The number of nitrogens with zero attached hydrogens (tertiary/aromatic N) is 1. The first-order valence-corrected chi connectivity index (χ1v) is 7.31. The molecule has 0 amide bonds. The van der Waals surface area contributed by atoms with Gasteiger partial charge < -0.3 is 14.6 Å². The van der Waals surface area contributed by atoms with Crippen LogP contribution in [0.4, 0.5) is 5.69 Å². The summed E-state index contributed by atoms with van der Waals surface area (Å²) in [5.74, 6) is 0.944. The summed E-state index contributed by atoms with van der Waals surface area (Å²) in [5.41, 5.74) is 2.27. The van der Waals surface area contributed by atoms with Gasteiger partial charge in [0.05, 0.1) is 12.8 Å². The predicted octanol–water partition coefficient (Wildman–Crippen LogP) is 4.07. The SMILES string of the molecule is CCCNCc1c(Cl)cccc1N(C)Cc1ccco1. The number of rotatable bonds is 7. The summed E-state index contributed by atoms with van der Waals surface area (Å²) >= 11 is 6.34. The molecular weight excluding hydrogens is 272 g/mol. The number of furan rings is 1. The second-order valence-corrected chi connectivity index (χ2v) is 5.26. The maximum Gasteiger partial charge on any atom is 0.123 e. The van der Waals surface area contributed by atoms with E-state index in [2.05, 4.69) is 30.3 Å². The van der Waals surface area contributed by atoms with E-state index in [1.165, 1.54) is 0 Å². The van der Waals surface area contributed by atoms with Crippen molar-refractivity contribution >= 4 is 17.3 Å². The molecule has 0 saturated heterocycles. The number of anilines is 1. The van der Waals surface area contributed by atoms with Crippen molar-refractivity contribution in [1.29, 1.82) is 0 Å². The number of nitrogens with one attached hydrogen (secondary N) is 1. The normalized spacial score (nSPS) is 10.8. The number of benzene rings is 1. The molecule has 2 rings (SSSR count). The van der Waals surface area contributed by atoms with Crippen molar-refractivity contribution in [3.05, 3.63) is 52.9 Å². The van der Waals surface area contributed by atoms with Gasteiger partial charge in [0, 0.05) is 29.9 Å². The average Bonchev–Trinajstić information content (AvgIpc) is 2.93. The van der Waals surface area contributed by atoms with E-state index in [4.69, 9.17) is 16.0 Å². The highest BCUT2D eigenvalue weighted by molar-refractivity contribution is 6.31. The molecular formula is C16H21ClN2O. The molecule has 4 heteroatoms. The zero-order valence-electron chi connectivity index (χ0n) is 12.0. The Morgan fingerprint density at radius 2 is 2.10 bits per heavy atom. The van der Waals surface area contributed by atoms with Gasteiger partial charge in [-0.3, -0.25) is 0 Å². The van der Waals surface area contributed by atoms with E-state index < -0.39 is 0 Å². The molecule has 3 nitrogen and oxygen atoms in total. The first-order chi connectivity index (χ1) is 9.72. The van der Waals surface area contributed by atoms with Crippen LogP contribution in [0.2, 0.25) is 5.02 Å². The lowest BCUT2D eigenvalue weighted by atomic mass is 10.1. The van der Waals surface area contributed by atoms with Crippen LogP contribution in [0.25, 0.3) is 0 Å². The van der Waals surface area contributed by atoms with Gasteiger partial charge in [0.1, 0.15) is 5.76 Å². The predicted molar refractivity (Wildman–Crippen MR) is 84.3 cm³/mol. The highest BCUT2D eigenvalue weighted by Gasteiger charge is 2.11. The number of hydrogen-bond acceptors (Lipinski definition) is 3. The monoisotopic (exact) mass is 292 g/mol. The summed E-state index contributed by atoms with van der Waals surface area (Å²) in [7, 11) is 2.05. The van der Waals surface area contributed by atoms with Crippen molar-refractivity contribution in [1.82, 2.24) is 5.32 Å². The van der Waals surface area contributed by atoms with Crippen molar-refractivity contribution in [2.45, 2.75) is 26.4 Å². The zero-order chi connectivity index (χ0) is 14.4. The first kappa shape index (κ1) is 14.9. The molecule has 1 N–H and O–H groups in total. The molecule has 0 saturated carbocycles. The quantitative estimate of drug-likeness (QED) is 0.780. The van der Waals surface area contributed by atoms with E-state index in [-0.39, 0.29) is 0 Å². The van der Waals surface area contributed by atoms with Crippen LogP contribution in [0, 0.1) is 0 Å². The summed E-state index contributed by atoms with van der Waals surface area (Å²) in [4.78, 5) is 2.16. The standard InChI is InChI=1S/C16H21ClN2O/c1-3-9-18-11-14-15(17)7-4-8-16(14)19(2)12-13-6-5-10-20-13/h4-8,10,18H,3,9,11-12H2,1-2H3. The Labute approximate surface area is 125 Å². The minimum Gasteiger partial charge on any atom is -0.467 e. The molecule has 20 heavy (non-hydrogen) atoms. The van der Waals surface area contributed by atoms with Crippen molar-refractivity contribution in [2.24, 2.45) is 0 Å².